The number of nitrogens with one attached hydrogen (secondary N) is 1. The Morgan fingerprint density at radius 2 is 2.08 bits per heavy atom. The highest BCUT2D eigenvalue weighted by Crippen LogP contribution is 2.32. The molecular weight excluding hydrogens is 312 g/mol. The van der Waals surface area contributed by atoms with Crippen molar-refractivity contribution < 1.29 is 18.8 Å². The summed E-state index contributed by atoms with van der Waals surface area (Å²) in [5.41, 5.74) is 0.703. The van der Waals surface area contributed by atoms with Gasteiger partial charge >= 0.3 is 0 Å². The number of benzene rings is 1. The van der Waals surface area contributed by atoms with Crippen LogP contribution in [0.5, 0.6) is 11.5 Å². The zero-order valence-corrected chi connectivity index (χ0v) is 13.3. The van der Waals surface area contributed by atoms with Gasteiger partial charge in [-0.05, 0) is 19.1 Å². The molecule has 0 radical (unpaired) electrons. The molecule has 0 bridgehead atoms. The van der Waals surface area contributed by atoms with Crippen LogP contribution in [0.15, 0.2) is 22.7 Å². The average molecular weight is 330 g/mol. The summed E-state index contributed by atoms with van der Waals surface area (Å²) in [6, 6.07) is 5.40. The van der Waals surface area contributed by atoms with Gasteiger partial charge in [0.15, 0.2) is 17.3 Å². The van der Waals surface area contributed by atoms with Crippen molar-refractivity contribution in [2.75, 3.05) is 38.2 Å². The number of aromatic nitrogens is 2. The van der Waals surface area contributed by atoms with E-state index < -0.39 is 0 Å². The number of rotatable bonds is 4. The molecule has 1 aromatic heterocycles. The van der Waals surface area contributed by atoms with Gasteiger partial charge < -0.3 is 19.3 Å². The van der Waals surface area contributed by atoms with Crippen LogP contribution < -0.4 is 14.8 Å². The van der Waals surface area contributed by atoms with Crippen molar-refractivity contribution in [2.45, 2.75) is 12.8 Å². The monoisotopic (exact) mass is 330 g/mol. The smallest absolute Gasteiger partial charge is 0.238 e. The van der Waals surface area contributed by atoms with E-state index in [0.29, 0.717) is 48.7 Å². The van der Waals surface area contributed by atoms with Crippen LogP contribution in [0.1, 0.15) is 17.6 Å². The quantitative estimate of drug-likeness (QED) is 0.900. The maximum absolute atomic E-state index is 12.2. The van der Waals surface area contributed by atoms with Crippen molar-refractivity contribution in [3.8, 4) is 11.5 Å². The van der Waals surface area contributed by atoms with Gasteiger partial charge in [0.1, 0.15) is 13.2 Å². The van der Waals surface area contributed by atoms with Gasteiger partial charge in [0.25, 0.3) is 0 Å². The van der Waals surface area contributed by atoms with Crippen LogP contribution in [0.3, 0.4) is 0 Å². The van der Waals surface area contributed by atoms with Crippen molar-refractivity contribution >= 4 is 11.6 Å². The highest BCUT2D eigenvalue weighted by atomic mass is 16.6. The van der Waals surface area contributed by atoms with Gasteiger partial charge in [0, 0.05) is 24.8 Å². The Balaban J connectivity index is 1.28. The molecular formula is C16H18N4O4. The van der Waals surface area contributed by atoms with E-state index >= 15 is 0 Å². The highest BCUT2D eigenvalue weighted by molar-refractivity contribution is 5.92. The normalized spacial score (nSPS) is 17.4. The van der Waals surface area contributed by atoms with Crippen molar-refractivity contribution in [1.82, 2.24) is 15.0 Å². The predicted octanol–water partition coefficient (Wildman–Crippen LogP) is 1.19. The van der Waals surface area contributed by atoms with Crippen molar-refractivity contribution in [2.24, 2.45) is 0 Å². The van der Waals surface area contributed by atoms with Crippen molar-refractivity contribution in [3.63, 3.8) is 0 Å². The highest BCUT2D eigenvalue weighted by Gasteiger charge is 2.33. The number of hydrogen-bond acceptors (Lipinski definition) is 7. The molecule has 0 aliphatic carbocycles. The first-order chi connectivity index (χ1) is 11.7. The molecule has 24 heavy (non-hydrogen) atoms. The molecule has 1 fully saturated rings. The number of aryl methyl sites for hydroxylation is 1. The molecule has 0 atom stereocenters. The Bertz CT molecular complexity index is 754. The maximum atomic E-state index is 12.2. The fraction of sp³-hybridized carbons (Fsp3) is 0.438. The third kappa shape index (κ3) is 3.05. The zero-order chi connectivity index (χ0) is 16.5. The lowest BCUT2D eigenvalue weighted by Crippen LogP contribution is -2.48. The van der Waals surface area contributed by atoms with E-state index in [1.54, 1.807) is 13.0 Å². The fourth-order valence-electron chi connectivity index (χ4n) is 2.86. The standard InChI is InChI=1S/C16H18N4O4/c1-10-17-16(24-19-10)11-7-20(8-11)9-15(21)18-12-2-3-13-14(6-12)23-5-4-22-13/h2-3,6,11H,4-5,7-9H2,1H3,(H,18,21). The van der Waals surface area contributed by atoms with Crippen LogP contribution in [0.4, 0.5) is 5.69 Å². The number of likely N-dealkylation sites (tertiary alicyclic amines) is 1. The third-order valence-corrected chi connectivity index (χ3v) is 4.04. The molecule has 8 nitrogen and oxygen atoms in total. The van der Waals surface area contributed by atoms with Crippen LogP contribution in [0.25, 0.3) is 0 Å². The summed E-state index contributed by atoms with van der Waals surface area (Å²) in [6.45, 7) is 4.69. The van der Waals surface area contributed by atoms with E-state index in [4.69, 9.17) is 14.0 Å². The molecule has 2 aliphatic heterocycles. The van der Waals surface area contributed by atoms with Gasteiger partial charge in [0.2, 0.25) is 11.8 Å². The number of carbonyl (C=O) groups excluding carboxylic acids is 1. The van der Waals surface area contributed by atoms with Crippen LogP contribution in [0.2, 0.25) is 0 Å². The van der Waals surface area contributed by atoms with E-state index in [9.17, 15) is 4.79 Å². The summed E-state index contributed by atoms with van der Waals surface area (Å²) >= 11 is 0. The van der Waals surface area contributed by atoms with Gasteiger partial charge in [-0.1, -0.05) is 5.16 Å². The van der Waals surface area contributed by atoms with E-state index in [-0.39, 0.29) is 11.8 Å². The van der Waals surface area contributed by atoms with Crippen LogP contribution in [-0.4, -0.2) is 53.8 Å². The van der Waals surface area contributed by atoms with Crippen LogP contribution >= 0.6 is 0 Å². The second-order valence-corrected chi connectivity index (χ2v) is 5.98. The summed E-state index contributed by atoms with van der Waals surface area (Å²) in [4.78, 5) is 18.4. The van der Waals surface area contributed by atoms with Crippen molar-refractivity contribution in [1.29, 1.82) is 0 Å². The SMILES string of the molecule is Cc1noc(C2CN(CC(=O)Nc3ccc4c(c3)OCCO4)C2)n1. The second kappa shape index (κ2) is 6.12. The minimum absolute atomic E-state index is 0.0631. The summed E-state index contributed by atoms with van der Waals surface area (Å²) in [5.74, 6) is 2.81. The van der Waals surface area contributed by atoms with Crippen LogP contribution in [-0.2, 0) is 4.79 Å². The predicted molar refractivity (Wildman–Crippen MR) is 84.3 cm³/mol. The molecule has 0 spiro atoms. The van der Waals surface area contributed by atoms with Gasteiger partial charge in [-0.2, -0.15) is 4.98 Å². The Kier molecular flexibility index (Phi) is 3.81. The van der Waals surface area contributed by atoms with E-state index in [2.05, 4.69) is 15.5 Å². The van der Waals surface area contributed by atoms with Crippen LogP contribution in [0, 0.1) is 6.92 Å². The second-order valence-electron chi connectivity index (χ2n) is 5.98. The number of hydrogen-bond donors (Lipinski definition) is 1. The summed E-state index contributed by atoms with van der Waals surface area (Å²) < 4.78 is 16.1. The Hall–Kier alpha value is -2.61. The average Bonchev–Trinajstić information content (AvgIpc) is 2.96. The summed E-state index contributed by atoms with van der Waals surface area (Å²) in [5, 5.41) is 6.67. The van der Waals surface area contributed by atoms with Gasteiger partial charge in [-0.15, -0.1) is 0 Å². The molecule has 1 aromatic carbocycles. The number of anilines is 1. The number of fused-ring (bicyclic) bond motifs is 1. The topological polar surface area (TPSA) is 89.7 Å². The molecule has 4 rings (SSSR count). The summed E-state index contributed by atoms with van der Waals surface area (Å²) in [7, 11) is 0. The Morgan fingerprint density at radius 1 is 1.29 bits per heavy atom. The Morgan fingerprint density at radius 3 is 2.83 bits per heavy atom. The lowest BCUT2D eigenvalue weighted by molar-refractivity contribution is -0.118. The fourth-order valence-corrected chi connectivity index (χ4v) is 2.86. The molecule has 2 aromatic rings. The first kappa shape index (κ1) is 14.9. The van der Waals surface area contributed by atoms with Crippen molar-refractivity contribution in [3.05, 3.63) is 29.9 Å². The van der Waals surface area contributed by atoms with Gasteiger partial charge in [-0.25, -0.2) is 0 Å². The number of ether oxygens (including phenoxy) is 2. The number of carbonyl (C=O) groups is 1. The lowest BCUT2D eigenvalue weighted by Gasteiger charge is -2.36. The molecule has 8 heteroatoms. The molecule has 2 aliphatic rings. The summed E-state index contributed by atoms with van der Waals surface area (Å²) in [6.07, 6.45) is 0. The lowest BCUT2D eigenvalue weighted by atomic mass is 10.0. The Labute approximate surface area is 138 Å². The molecule has 3 heterocycles. The zero-order valence-electron chi connectivity index (χ0n) is 13.3. The van der Waals surface area contributed by atoms with E-state index in [1.165, 1.54) is 0 Å². The molecule has 0 saturated carbocycles. The van der Waals surface area contributed by atoms with E-state index in [1.807, 2.05) is 17.0 Å². The first-order valence-corrected chi connectivity index (χ1v) is 7.89. The van der Waals surface area contributed by atoms with E-state index in [0.717, 1.165) is 13.1 Å². The van der Waals surface area contributed by atoms with Gasteiger partial charge in [0.05, 0.1) is 12.5 Å². The molecule has 0 unspecified atom stereocenters. The first-order valence-electron chi connectivity index (χ1n) is 7.89. The maximum Gasteiger partial charge on any atom is 0.238 e. The third-order valence-electron chi connectivity index (χ3n) is 4.04. The number of amides is 1. The largest absolute Gasteiger partial charge is 0.486 e. The minimum Gasteiger partial charge on any atom is -0.486 e. The molecule has 1 saturated heterocycles. The molecule has 1 amide bonds. The van der Waals surface area contributed by atoms with Gasteiger partial charge in [-0.3, -0.25) is 9.69 Å². The molecule has 1 N–H and O–H groups in total. The minimum atomic E-state index is -0.0631. The number of nitrogens with zero attached hydrogens (tertiary/aromatic N) is 3. The molecule has 126 valence electrons.